The summed E-state index contributed by atoms with van der Waals surface area (Å²) in [6.07, 6.45) is 9.33. The van der Waals surface area contributed by atoms with E-state index in [1.165, 1.54) is 30.4 Å². The molecule has 6 heteroatoms. The van der Waals surface area contributed by atoms with Gasteiger partial charge in [-0.1, -0.05) is 24.3 Å². The van der Waals surface area contributed by atoms with Crippen molar-refractivity contribution in [3.8, 4) is 0 Å². The monoisotopic (exact) mass is 400 g/mol. The zero-order chi connectivity index (χ0) is 20.5. The number of nitrogens with zero attached hydrogens (tertiary/aromatic N) is 2. The minimum atomic E-state index is 0.00990. The van der Waals surface area contributed by atoms with Crippen LogP contribution in [0.1, 0.15) is 49.7 Å². The molecule has 1 aromatic rings. The number of benzene rings is 1. The number of guanidine groups is 1. The van der Waals surface area contributed by atoms with Crippen LogP contribution in [-0.2, 0) is 22.4 Å². The van der Waals surface area contributed by atoms with Gasteiger partial charge in [0.1, 0.15) is 6.54 Å². The van der Waals surface area contributed by atoms with Crippen LogP contribution in [0.25, 0.3) is 0 Å². The molecule has 1 fully saturated rings. The van der Waals surface area contributed by atoms with Crippen LogP contribution in [0.15, 0.2) is 29.3 Å². The van der Waals surface area contributed by atoms with Crippen LogP contribution in [0.4, 0.5) is 0 Å². The van der Waals surface area contributed by atoms with Crippen molar-refractivity contribution >= 4 is 11.9 Å². The average molecular weight is 401 g/mol. The molecule has 1 heterocycles. The van der Waals surface area contributed by atoms with Gasteiger partial charge in [-0.05, 0) is 62.5 Å². The Balaban J connectivity index is 1.51. The molecule has 1 amide bonds. The fourth-order valence-corrected chi connectivity index (χ4v) is 4.03. The minimum absolute atomic E-state index is 0.00990. The molecule has 29 heavy (non-hydrogen) atoms. The van der Waals surface area contributed by atoms with Gasteiger partial charge in [-0.25, -0.2) is 4.99 Å². The molecule has 1 aliphatic heterocycles. The molecule has 1 aromatic carbocycles. The Bertz CT molecular complexity index is 683. The van der Waals surface area contributed by atoms with Gasteiger partial charge in [0.15, 0.2) is 5.96 Å². The molecule has 3 rings (SSSR count). The summed E-state index contributed by atoms with van der Waals surface area (Å²) in [4.78, 5) is 18.1. The molecule has 1 aliphatic carbocycles. The largest absolute Gasteiger partial charge is 0.378 e. The molecule has 0 spiro atoms. The lowest BCUT2D eigenvalue weighted by Crippen LogP contribution is -2.46. The Morgan fingerprint density at radius 2 is 2.03 bits per heavy atom. The van der Waals surface area contributed by atoms with Gasteiger partial charge in [0.2, 0.25) is 5.91 Å². The van der Waals surface area contributed by atoms with Crippen molar-refractivity contribution in [1.29, 1.82) is 0 Å². The van der Waals surface area contributed by atoms with Gasteiger partial charge in [0.05, 0.1) is 6.10 Å². The molecule has 2 unspecified atom stereocenters. The number of aryl methyl sites for hydroxylation is 1. The third-order valence-corrected chi connectivity index (χ3v) is 5.83. The summed E-state index contributed by atoms with van der Waals surface area (Å²) in [6, 6.07) is 9.00. The normalized spacial score (nSPS) is 21.9. The highest BCUT2D eigenvalue weighted by molar-refractivity contribution is 5.85. The molecular weight excluding hydrogens is 364 g/mol. The highest BCUT2D eigenvalue weighted by atomic mass is 16.5. The van der Waals surface area contributed by atoms with Crippen molar-refractivity contribution in [1.82, 2.24) is 15.5 Å². The van der Waals surface area contributed by atoms with Crippen molar-refractivity contribution < 1.29 is 9.53 Å². The molecular formula is C23H36N4O2. The van der Waals surface area contributed by atoms with Gasteiger partial charge in [0.25, 0.3) is 0 Å². The maximum absolute atomic E-state index is 12.0. The number of ether oxygens (including phenoxy) is 1. The van der Waals surface area contributed by atoms with E-state index in [1.54, 1.807) is 19.0 Å². The Hall–Kier alpha value is -2.08. The summed E-state index contributed by atoms with van der Waals surface area (Å²) in [6.45, 7) is 1.91. The van der Waals surface area contributed by atoms with Crippen LogP contribution in [0, 0.1) is 0 Å². The van der Waals surface area contributed by atoms with E-state index in [-0.39, 0.29) is 12.5 Å². The first kappa shape index (κ1) is 21.6. The Labute approximate surface area is 175 Å². The first-order valence-corrected chi connectivity index (χ1v) is 11.0. The molecule has 0 radical (unpaired) electrons. The van der Waals surface area contributed by atoms with E-state index < -0.39 is 0 Å². The third-order valence-electron chi connectivity index (χ3n) is 5.83. The molecule has 2 aliphatic rings. The lowest BCUT2D eigenvalue weighted by Gasteiger charge is -2.27. The summed E-state index contributed by atoms with van der Waals surface area (Å²) in [5, 5.41) is 7.00. The Morgan fingerprint density at radius 3 is 2.79 bits per heavy atom. The van der Waals surface area contributed by atoms with Crippen LogP contribution < -0.4 is 10.6 Å². The van der Waals surface area contributed by atoms with Crippen molar-refractivity contribution in [3.05, 3.63) is 35.4 Å². The maximum atomic E-state index is 12.0. The van der Waals surface area contributed by atoms with Crippen molar-refractivity contribution in [2.75, 3.05) is 33.8 Å². The van der Waals surface area contributed by atoms with Crippen molar-refractivity contribution in [2.45, 2.75) is 63.5 Å². The van der Waals surface area contributed by atoms with E-state index in [0.717, 1.165) is 51.2 Å². The molecule has 0 bridgehead atoms. The molecule has 0 aromatic heterocycles. The molecule has 0 saturated carbocycles. The number of aliphatic imine (C=N–C) groups is 1. The van der Waals surface area contributed by atoms with Gasteiger partial charge in [-0.2, -0.15) is 0 Å². The van der Waals surface area contributed by atoms with Gasteiger partial charge < -0.3 is 20.3 Å². The quantitative estimate of drug-likeness (QED) is 0.419. The predicted molar refractivity (Wildman–Crippen MR) is 117 cm³/mol. The molecule has 160 valence electrons. The maximum Gasteiger partial charge on any atom is 0.243 e. The second-order valence-electron chi connectivity index (χ2n) is 8.36. The summed E-state index contributed by atoms with van der Waals surface area (Å²) >= 11 is 0. The molecule has 1 saturated heterocycles. The van der Waals surface area contributed by atoms with Crippen LogP contribution in [0.5, 0.6) is 0 Å². The van der Waals surface area contributed by atoms with Crippen LogP contribution in [0.2, 0.25) is 0 Å². The van der Waals surface area contributed by atoms with E-state index in [9.17, 15) is 4.79 Å². The number of fused-ring (bicyclic) bond motifs is 1. The highest BCUT2D eigenvalue weighted by Crippen LogP contribution is 2.21. The second-order valence-corrected chi connectivity index (χ2v) is 8.36. The number of likely N-dealkylation sites (N-methyl/N-ethyl adjacent to an activating group) is 1. The zero-order valence-electron chi connectivity index (χ0n) is 18.0. The third kappa shape index (κ3) is 7.03. The van der Waals surface area contributed by atoms with Crippen LogP contribution >= 0.6 is 0 Å². The van der Waals surface area contributed by atoms with Gasteiger partial charge >= 0.3 is 0 Å². The lowest BCUT2D eigenvalue weighted by molar-refractivity contribution is -0.127. The van der Waals surface area contributed by atoms with E-state index >= 15 is 0 Å². The fourth-order valence-electron chi connectivity index (χ4n) is 4.03. The number of hydrogen-bond acceptors (Lipinski definition) is 3. The number of carbonyl (C=O) groups is 1. The Kier molecular flexibility index (Phi) is 8.35. The summed E-state index contributed by atoms with van der Waals surface area (Å²) in [7, 11) is 3.53. The van der Waals surface area contributed by atoms with Gasteiger partial charge in [-0.15, -0.1) is 0 Å². The topological polar surface area (TPSA) is 66.0 Å². The minimum Gasteiger partial charge on any atom is -0.378 e. The molecule has 6 nitrogen and oxygen atoms in total. The SMILES string of the molecule is CN(C)C(=O)CN=C(NCCCC1CCCCO1)NC1CCc2ccccc2C1. The molecule has 2 atom stereocenters. The first-order valence-electron chi connectivity index (χ1n) is 11.0. The smallest absolute Gasteiger partial charge is 0.243 e. The fraction of sp³-hybridized carbons (Fsp3) is 0.652. The van der Waals surface area contributed by atoms with Crippen LogP contribution in [-0.4, -0.2) is 62.7 Å². The summed E-state index contributed by atoms with van der Waals surface area (Å²) in [5.74, 6) is 0.754. The number of amides is 1. The number of rotatable bonds is 7. The van der Waals surface area contributed by atoms with E-state index in [2.05, 4.69) is 39.9 Å². The predicted octanol–water partition coefficient (Wildman–Crippen LogP) is 2.52. The first-order chi connectivity index (χ1) is 14.1. The van der Waals surface area contributed by atoms with Gasteiger partial charge in [-0.3, -0.25) is 4.79 Å². The summed E-state index contributed by atoms with van der Waals surface area (Å²) in [5.41, 5.74) is 2.86. The van der Waals surface area contributed by atoms with E-state index in [0.29, 0.717) is 12.1 Å². The van der Waals surface area contributed by atoms with E-state index in [1.807, 2.05) is 0 Å². The summed E-state index contributed by atoms with van der Waals surface area (Å²) < 4.78 is 5.82. The zero-order valence-corrected chi connectivity index (χ0v) is 18.0. The number of hydrogen-bond donors (Lipinski definition) is 2. The van der Waals surface area contributed by atoms with Crippen LogP contribution in [0.3, 0.4) is 0 Å². The van der Waals surface area contributed by atoms with Crippen molar-refractivity contribution in [2.24, 2.45) is 4.99 Å². The molecule has 2 N–H and O–H groups in total. The van der Waals surface area contributed by atoms with Crippen molar-refractivity contribution in [3.63, 3.8) is 0 Å². The number of nitrogens with one attached hydrogen (secondary N) is 2. The average Bonchev–Trinajstić information content (AvgIpc) is 2.75. The Morgan fingerprint density at radius 1 is 1.21 bits per heavy atom. The van der Waals surface area contributed by atoms with E-state index in [4.69, 9.17) is 4.74 Å². The lowest BCUT2D eigenvalue weighted by atomic mass is 9.88. The standard InChI is InChI=1S/C23H36N4O2/c1-27(2)22(28)17-25-23(24-14-7-11-21-10-5-6-15-29-21)26-20-13-12-18-8-3-4-9-19(18)16-20/h3-4,8-9,20-21H,5-7,10-17H2,1-2H3,(H2,24,25,26). The van der Waals surface area contributed by atoms with Gasteiger partial charge in [0, 0.05) is 33.3 Å². The number of carbonyl (C=O) groups excluding carboxylic acids is 1. The second kappa shape index (κ2) is 11.2. The highest BCUT2D eigenvalue weighted by Gasteiger charge is 2.19.